The fourth-order valence-electron chi connectivity index (χ4n) is 0.507. The van der Waals surface area contributed by atoms with E-state index in [1.54, 1.807) is 21.6 Å². The largest absolute Gasteiger partial charge is 0.391 e. The molecule has 3 heteroatoms. The third-order valence-electron chi connectivity index (χ3n) is 1.30. The molecular formula is C5H10OS2. The van der Waals surface area contributed by atoms with E-state index in [2.05, 4.69) is 13.8 Å². The van der Waals surface area contributed by atoms with E-state index in [0.717, 1.165) is 5.75 Å². The average molecular weight is 150 g/mol. The van der Waals surface area contributed by atoms with Crippen LogP contribution in [-0.4, -0.2) is 21.7 Å². The average Bonchev–Trinajstić information content (AvgIpc) is 1.86. The van der Waals surface area contributed by atoms with Crippen LogP contribution in [0.25, 0.3) is 0 Å². The molecule has 0 saturated carbocycles. The molecule has 1 unspecified atom stereocenters. The number of hydrogen-bond donors (Lipinski definition) is 1. The molecule has 48 valence electrons. The van der Waals surface area contributed by atoms with Crippen molar-refractivity contribution >= 4 is 21.6 Å². The predicted molar refractivity (Wildman–Crippen MR) is 40.1 cm³/mol. The maximum atomic E-state index is 9.22. The minimum absolute atomic E-state index is 0.0880. The van der Waals surface area contributed by atoms with Gasteiger partial charge in [-0.3, -0.25) is 0 Å². The van der Waals surface area contributed by atoms with Gasteiger partial charge in [0, 0.05) is 10.5 Å². The van der Waals surface area contributed by atoms with Crippen molar-refractivity contribution in [3.63, 3.8) is 0 Å². The molecule has 1 aliphatic heterocycles. The predicted octanol–water partition coefficient (Wildman–Crippen LogP) is 1.52. The van der Waals surface area contributed by atoms with Crippen molar-refractivity contribution in [1.82, 2.24) is 0 Å². The van der Waals surface area contributed by atoms with Crippen molar-refractivity contribution in [3.05, 3.63) is 0 Å². The molecule has 0 amide bonds. The fourth-order valence-corrected chi connectivity index (χ4v) is 3.56. The number of rotatable bonds is 0. The van der Waals surface area contributed by atoms with Crippen LogP contribution in [0.5, 0.6) is 0 Å². The molecule has 0 bridgehead atoms. The van der Waals surface area contributed by atoms with E-state index in [4.69, 9.17) is 0 Å². The second kappa shape index (κ2) is 2.12. The zero-order valence-electron chi connectivity index (χ0n) is 5.05. The summed E-state index contributed by atoms with van der Waals surface area (Å²) >= 11 is 0. The second-order valence-electron chi connectivity index (χ2n) is 2.49. The van der Waals surface area contributed by atoms with Gasteiger partial charge < -0.3 is 5.11 Å². The Kier molecular flexibility index (Phi) is 1.80. The molecule has 8 heavy (non-hydrogen) atoms. The minimum atomic E-state index is -0.113. The summed E-state index contributed by atoms with van der Waals surface area (Å²) in [6.45, 7) is 4.14. The standard InChI is InChI=1S/C5H10OS2/c1-5(2)4(6)3-7-8-5/h4,6H,3H2,1-2H3. The number of aliphatic hydroxyl groups is 1. The van der Waals surface area contributed by atoms with E-state index >= 15 is 0 Å². The molecule has 1 rings (SSSR count). The van der Waals surface area contributed by atoms with Crippen molar-refractivity contribution in [2.45, 2.75) is 24.7 Å². The Morgan fingerprint density at radius 1 is 1.62 bits per heavy atom. The zero-order chi connectivity index (χ0) is 6.20. The third-order valence-corrected chi connectivity index (χ3v) is 4.62. The molecule has 1 N–H and O–H groups in total. The summed E-state index contributed by atoms with van der Waals surface area (Å²) < 4.78 is 0.0880. The van der Waals surface area contributed by atoms with E-state index < -0.39 is 0 Å². The summed E-state index contributed by atoms with van der Waals surface area (Å²) in [5, 5.41) is 9.22. The number of aliphatic hydroxyl groups excluding tert-OH is 1. The summed E-state index contributed by atoms with van der Waals surface area (Å²) in [6.07, 6.45) is -0.113. The van der Waals surface area contributed by atoms with Gasteiger partial charge in [-0.15, -0.1) is 0 Å². The Hall–Kier alpha value is 0.660. The monoisotopic (exact) mass is 150 g/mol. The summed E-state index contributed by atoms with van der Waals surface area (Å²) in [4.78, 5) is 0. The first-order valence-corrected chi connectivity index (χ1v) is 4.93. The lowest BCUT2D eigenvalue weighted by Crippen LogP contribution is -2.28. The second-order valence-corrected chi connectivity index (χ2v) is 5.48. The maximum absolute atomic E-state index is 9.22. The Morgan fingerprint density at radius 3 is 2.38 bits per heavy atom. The van der Waals surface area contributed by atoms with E-state index in [1.807, 2.05) is 0 Å². The van der Waals surface area contributed by atoms with Crippen molar-refractivity contribution in [3.8, 4) is 0 Å². The van der Waals surface area contributed by atoms with Crippen molar-refractivity contribution in [1.29, 1.82) is 0 Å². The molecule has 0 aliphatic carbocycles. The molecule has 1 atom stereocenters. The van der Waals surface area contributed by atoms with E-state index in [-0.39, 0.29) is 10.9 Å². The zero-order valence-corrected chi connectivity index (χ0v) is 6.68. The normalized spacial score (nSPS) is 35.6. The molecule has 1 saturated heterocycles. The van der Waals surface area contributed by atoms with Crippen LogP contribution in [0.3, 0.4) is 0 Å². The quantitative estimate of drug-likeness (QED) is 0.529. The van der Waals surface area contributed by atoms with Crippen LogP contribution in [0.15, 0.2) is 0 Å². The summed E-state index contributed by atoms with van der Waals surface area (Å²) in [5.74, 6) is 0.887. The summed E-state index contributed by atoms with van der Waals surface area (Å²) in [7, 11) is 3.53. The highest BCUT2D eigenvalue weighted by atomic mass is 33.1. The topological polar surface area (TPSA) is 20.2 Å². The van der Waals surface area contributed by atoms with Crippen molar-refractivity contribution in [2.75, 3.05) is 5.75 Å². The van der Waals surface area contributed by atoms with Gasteiger partial charge in [-0.2, -0.15) is 0 Å². The molecule has 0 spiro atoms. The van der Waals surface area contributed by atoms with Gasteiger partial charge in [-0.05, 0) is 13.8 Å². The first-order valence-electron chi connectivity index (χ1n) is 2.61. The van der Waals surface area contributed by atoms with Gasteiger partial charge in [0.05, 0.1) is 6.10 Å². The fraction of sp³-hybridized carbons (Fsp3) is 1.00. The van der Waals surface area contributed by atoms with E-state index in [0.29, 0.717) is 0 Å². The molecule has 0 radical (unpaired) electrons. The molecule has 1 heterocycles. The van der Waals surface area contributed by atoms with Crippen LogP contribution in [0.1, 0.15) is 13.8 Å². The highest BCUT2D eigenvalue weighted by molar-refractivity contribution is 8.77. The number of hydrogen-bond acceptors (Lipinski definition) is 3. The maximum Gasteiger partial charge on any atom is 0.0788 e. The Balaban J connectivity index is 2.54. The van der Waals surface area contributed by atoms with Crippen LogP contribution < -0.4 is 0 Å². The van der Waals surface area contributed by atoms with Crippen molar-refractivity contribution in [2.24, 2.45) is 0 Å². The lowest BCUT2D eigenvalue weighted by Gasteiger charge is -2.18. The Morgan fingerprint density at radius 2 is 2.25 bits per heavy atom. The summed E-state index contributed by atoms with van der Waals surface area (Å²) in [6, 6.07) is 0. The molecule has 0 aromatic heterocycles. The molecular weight excluding hydrogens is 140 g/mol. The summed E-state index contributed by atoms with van der Waals surface area (Å²) in [5.41, 5.74) is 0. The van der Waals surface area contributed by atoms with Gasteiger partial charge in [0.2, 0.25) is 0 Å². The first-order chi connectivity index (χ1) is 3.63. The van der Waals surface area contributed by atoms with Gasteiger partial charge in [0.1, 0.15) is 0 Å². The lowest BCUT2D eigenvalue weighted by molar-refractivity contribution is 0.169. The van der Waals surface area contributed by atoms with Gasteiger partial charge in [-0.1, -0.05) is 21.6 Å². The van der Waals surface area contributed by atoms with Gasteiger partial charge in [0.15, 0.2) is 0 Å². The highest BCUT2D eigenvalue weighted by Crippen LogP contribution is 2.45. The Labute approximate surface area is 57.6 Å². The van der Waals surface area contributed by atoms with Crippen molar-refractivity contribution < 1.29 is 5.11 Å². The van der Waals surface area contributed by atoms with Gasteiger partial charge in [0.25, 0.3) is 0 Å². The van der Waals surface area contributed by atoms with Crippen LogP contribution in [0.2, 0.25) is 0 Å². The minimum Gasteiger partial charge on any atom is -0.391 e. The van der Waals surface area contributed by atoms with Gasteiger partial charge in [-0.25, -0.2) is 0 Å². The molecule has 0 aromatic rings. The van der Waals surface area contributed by atoms with E-state index in [9.17, 15) is 5.11 Å². The Bertz CT molecular complexity index is 92.4. The first kappa shape index (κ1) is 6.78. The molecule has 1 aliphatic rings. The smallest absolute Gasteiger partial charge is 0.0788 e. The third kappa shape index (κ3) is 1.14. The van der Waals surface area contributed by atoms with Gasteiger partial charge >= 0.3 is 0 Å². The molecule has 1 fully saturated rings. The van der Waals surface area contributed by atoms with E-state index in [1.165, 1.54) is 0 Å². The molecule has 0 aromatic carbocycles. The van der Waals surface area contributed by atoms with Crippen LogP contribution in [0, 0.1) is 0 Å². The van der Waals surface area contributed by atoms with Crippen LogP contribution >= 0.6 is 21.6 Å². The van der Waals surface area contributed by atoms with Crippen LogP contribution in [-0.2, 0) is 0 Å². The molecule has 1 nitrogen and oxygen atoms in total. The SMILES string of the molecule is CC1(C)SSCC1O. The lowest BCUT2D eigenvalue weighted by atomic mass is 10.1. The van der Waals surface area contributed by atoms with Crippen LogP contribution in [0.4, 0.5) is 0 Å². The highest BCUT2D eigenvalue weighted by Gasteiger charge is 2.34.